The lowest BCUT2D eigenvalue weighted by Crippen LogP contribution is -2.13. The number of halogens is 2. The first-order chi connectivity index (χ1) is 9.10. The molecule has 19 heavy (non-hydrogen) atoms. The van der Waals surface area contributed by atoms with Gasteiger partial charge in [-0.25, -0.2) is 0 Å². The van der Waals surface area contributed by atoms with E-state index in [1.807, 2.05) is 24.3 Å². The Labute approximate surface area is 125 Å². The van der Waals surface area contributed by atoms with E-state index in [0.717, 1.165) is 22.1 Å². The van der Waals surface area contributed by atoms with Crippen molar-refractivity contribution in [2.24, 2.45) is 0 Å². The Bertz CT molecular complexity index is 593. The highest BCUT2D eigenvalue weighted by molar-refractivity contribution is 9.10. The van der Waals surface area contributed by atoms with Crippen LogP contribution in [0.25, 0.3) is 0 Å². The normalized spacial score (nSPS) is 10.3. The van der Waals surface area contributed by atoms with Crippen molar-refractivity contribution in [2.75, 3.05) is 5.32 Å². The standard InChI is InChI=1S/C15H13BrClNO/c1-2-10-5-3-4-6-14(10)18-15(19)11-7-12(16)9-13(17)8-11/h3-9H,2H2,1H3,(H,18,19). The van der Waals surface area contributed by atoms with E-state index in [9.17, 15) is 4.79 Å². The van der Waals surface area contributed by atoms with Gasteiger partial charge in [0.05, 0.1) is 0 Å². The maximum Gasteiger partial charge on any atom is 0.255 e. The Morgan fingerprint density at radius 2 is 2.00 bits per heavy atom. The molecular formula is C15H13BrClNO. The van der Waals surface area contributed by atoms with E-state index in [2.05, 4.69) is 28.2 Å². The highest BCUT2D eigenvalue weighted by Gasteiger charge is 2.09. The van der Waals surface area contributed by atoms with Gasteiger partial charge in [-0.1, -0.05) is 52.7 Å². The Balaban J connectivity index is 2.25. The van der Waals surface area contributed by atoms with Gasteiger partial charge in [-0.05, 0) is 36.2 Å². The molecule has 2 rings (SSSR count). The lowest BCUT2D eigenvalue weighted by Gasteiger charge is -2.10. The number of nitrogens with one attached hydrogen (secondary N) is 1. The van der Waals surface area contributed by atoms with Gasteiger partial charge in [-0.2, -0.15) is 0 Å². The van der Waals surface area contributed by atoms with Gasteiger partial charge in [0.1, 0.15) is 0 Å². The molecule has 2 aromatic carbocycles. The van der Waals surface area contributed by atoms with Gasteiger partial charge in [-0.3, -0.25) is 4.79 Å². The van der Waals surface area contributed by atoms with Gasteiger partial charge in [0, 0.05) is 20.7 Å². The predicted octanol–water partition coefficient (Wildman–Crippen LogP) is 4.92. The molecule has 0 aromatic heterocycles. The zero-order valence-electron chi connectivity index (χ0n) is 10.4. The van der Waals surface area contributed by atoms with Crippen LogP contribution in [0.4, 0.5) is 5.69 Å². The first-order valence-corrected chi connectivity index (χ1v) is 7.12. The summed E-state index contributed by atoms with van der Waals surface area (Å²) in [5.74, 6) is -0.163. The van der Waals surface area contributed by atoms with E-state index >= 15 is 0 Å². The van der Waals surface area contributed by atoms with Crippen molar-refractivity contribution in [3.05, 3.63) is 63.1 Å². The molecule has 0 unspecified atom stereocenters. The van der Waals surface area contributed by atoms with Crippen molar-refractivity contribution in [2.45, 2.75) is 13.3 Å². The molecule has 0 saturated carbocycles. The summed E-state index contributed by atoms with van der Waals surface area (Å²) in [4.78, 5) is 12.2. The summed E-state index contributed by atoms with van der Waals surface area (Å²) in [6.07, 6.45) is 0.871. The fourth-order valence-corrected chi connectivity index (χ4v) is 2.69. The zero-order valence-corrected chi connectivity index (χ0v) is 12.8. The second kappa shape index (κ2) is 6.22. The molecule has 98 valence electrons. The fourth-order valence-electron chi connectivity index (χ4n) is 1.83. The molecule has 0 aliphatic rings. The minimum absolute atomic E-state index is 0.163. The molecule has 0 bridgehead atoms. The maximum atomic E-state index is 12.2. The molecule has 1 N–H and O–H groups in total. The topological polar surface area (TPSA) is 29.1 Å². The van der Waals surface area contributed by atoms with Gasteiger partial charge in [0.2, 0.25) is 0 Å². The summed E-state index contributed by atoms with van der Waals surface area (Å²) in [6.45, 7) is 2.06. The first-order valence-electron chi connectivity index (χ1n) is 5.95. The van der Waals surface area contributed by atoms with Crippen molar-refractivity contribution in [1.82, 2.24) is 0 Å². The summed E-state index contributed by atoms with van der Waals surface area (Å²) in [5, 5.41) is 3.44. The van der Waals surface area contributed by atoms with Gasteiger partial charge in [0.25, 0.3) is 5.91 Å². The van der Waals surface area contributed by atoms with Gasteiger partial charge >= 0.3 is 0 Å². The smallest absolute Gasteiger partial charge is 0.255 e. The lowest BCUT2D eigenvalue weighted by molar-refractivity contribution is 0.102. The third-order valence-corrected chi connectivity index (χ3v) is 3.45. The van der Waals surface area contributed by atoms with Crippen LogP contribution in [0.15, 0.2) is 46.9 Å². The van der Waals surface area contributed by atoms with Crippen molar-refractivity contribution < 1.29 is 4.79 Å². The van der Waals surface area contributed by atoms with Gasteiger partial charge in [0.15, 0.2) is 0 Å². The second-order valence-corrected chi connectivity index (χ2v) is 5.48. The predicted molar refractivity (Wildman–Crippen MR) is 82.9 cm³/mol. The number of para-hydroxylation sites is 1. The maximum absolute atomic E-state index is 12.2. The molecule has 0 fully saturated rings. The van der Waals surface area contributed by atoms with Crippen LogP contribution in [0, 0.1) is 0 Å². The number of aryl methyl sites for hydroxylation is 1. The van der Waals surface area contributed by atoms with Crippen molar-refractivity contribution >= 4 is 39.1 Å². The Hall–Kier alpha value is -1.32. The molecular weight excluding hydrogens is 326 g/mol. The largest absolute Gasteiger partial charge is 0.322 e. The molecule has 1 amide bonds. The number of rotatable bonds is 3. The summed E-state index contributed by atoms with van der Waals surface area (Å²) < 4.78 is 0.786. The average molecular weight is 339 g/mol. The summed E-state index contributed by atoms with van der Waals surface area (Å²) in [6, 6.07) is 12.9. The summed E-state index contributed by atoms with van der Waals surface area (Å²) >= 11 is 9.28. The number of benzene rings is 2. The minimum Gasteiger partial charge on any atom is -0.322 e. The van der Waals surface area contributed by atoms with Crippen LogP contribution < -0.4 is 5.32 Å². The number of amides is 1. The van der Waals surface area contributed by atoms with Crippen LogP contribution in [0.5, 0.6) is 0 Å². The van der Waals surface area contributed by atoms with E-state index in [1.54, 1.807) is 18.2 Å². The van der Waals surface area contributed by atoms with Gasteiger partial charge < -0.3 is 5.32 Å². The van der Waals surface area contributed by atoms with Crippen molar-refractivity contribution in [3.63, 3.8) is 0 Å². The molecule has 0 atom stereocenters. The highest BCUT2D eigenvalue weighted by atomic mass is 79.9. The zero-order chi connectivity index (χ0) is 13.8. The minimum atomic E-state index is -0.163. The first kappa shape index (κ1) is 14.1. The molecule has 0 aliphatic heterocycles. The SMILES string of the molecule is CCc1ccccc1NC(=O)c1cc(Cl)cc(Br)c1. The number of carbonyl (C=O) groups excluding carboxylic acids is 1. The van der Waals surface area contributed by atoms with Crippen LogP contribution in [0.3, 0.4) is 0 Å². The highest BCUT2D eigenvalue weighted by Crippen LogP contribution is 2.21. The number of hydrogen-bond donors (Lipinski definition) is 1. The molecule has 0 heterocycles. The number of carbonyl (C=O) groups is 1. The monoisotopic (exact) mass is 337 g/mol. The van der Waals surface area contributed by atoms with Crippen LogP contribution in [-0.4, -0.2) is 5.91 Å². The fraction of sp³-hybridized carbons (Fsp3) is 0.133. The van der Waals surface area contributed by atoms with Crippen molar-refractivity contribution in [1.29, 1.82) is 0 Å². The van der Waals surface area contributed by atoms with Crippen LogP contribution >= 0.6 is 27.5 Å². The summed E-state index contributed by atoms with van der Waals surface area (Å²) in [5.41, 5.74) is 2.48. The molecule has 0 aliphatic carbocycles. The molecule has 4 heteroatoms. The van der Waals surface area contributed by atoms with Crippen LogP contribution in [0.2, 0.25) is 5.02 Å². The Kier molecular flexibility index (Phi) is 4.61. The third-order valence-electron chi connectivity index (χ3n) is 2.77. The Morgan fingerprint density at radius 3 is 2.68 bits per heavy atom. The number of anilines is 1. The average Bonchev–Trinajstić information content (AvgIpc) is 2.38. The quantitative estimate of drug-likeness (QED) is 0.846. The van der Waals surface area contributed by atoms with Gasteiger partial charge in [-0.15, -0.1) is 0 Å². The molecule has 0 spiro atoms. The summed E-state index contributed by atoms with van der Waals surface area (Å²) in [7, 11) is 0. The second-order valence-electron chi connectivity index (χ2n) is 4.12. The van der Waals surface area contributed by atoms with E-state index in [0.29, 0.717) is 10.6 Å². The van der Waals surface area contributed by atoms with Crippen molar-refractivity contribution in [3.8, 4) is 0 Å². The molecule has 2 nitrogen and oxygen atoms in total. The number of hydrogen-bond acceptors (Lipinski definition) is 1. The van der Waals surface area contributed by atoms with E-state index in [4.69, 9.17) is 11.6 Å². The van der Waals surface area contributed by atoms with Crippen LogP contribution in [0.1, 0.15) is 22.8 Å². The van der Waals surface area contributed by atoms with E-state index in [-0.39, 0.29) is 5.91 Å². The van der Waals surface area contributed by atoms with Crippen LogP contribution in [-0.2, 0) is 6.42 Å². The van der Waals surface area contributed by atoms with E-state index in [1.165, 1.54) is 0 Å². The molecule has 0 saturated heterocycles. The third kappa shape index (κ3) is 3.58. The molecule has 0 radical (unpaired) electrons. The molecule has 2 aromatic rings. The lowest BCUT2D eigenvalue weighted by atomic mass is 10.1. The van der Waals surface area contributed by atoms with E-state index < -0.39 is 0 Å². The Morgan fingerprint density at radius 1 is 1.26 bits per heavy atom.